The number of nitrogens with zero attached hydrogens (tertiary/aromatic N) is 5. The minimum atomic E-state index is -0.666. The van der Waals surface area contributed by atoms with Gasteiger partial charge in [-0.1, -0.05) is 32.9 Å². The number of amides is 1. The van der Waals surface area contributed by atoms with Crippen LogP contribution in [0.4, 0.5) is 27.9 Å². The maximum atomic E-state index is 13.4. The third-order valence-corrected chi connectivity index (χ3v) is 5.71. The van der Waals surface area contributed by atoms with Gasteiger partial charge in [0.05, 0.1) is 16.7 Å². The summed E-state index contributed by atoms with van der Waals surface area (Å²) in [7, 11) is 1.88. The van der Waals surface area contributed by atoms with Crippen LogP contribution in [0.3, 0.4) is 0 Å². The summed E-state index contributed by atoms with van der Waals surface area (Å²) in [6.07, 6.45) is 1.08. The Balaban J connectivity index is 1.76. The first-order valence-corrected chi connectivity index (χ1v) is 12.1. The number of nitrogens with one attached hydrogen (secondary N) is 1. The molecule has 4 rings (SSSR count). The smallest absolute Gasteiger partial charge is 0.421 e. The number of imidazole rings is 1. The van der Waals surface area contributed by atoms with Crippen LogP contribution in [0.25, 0.3) is 11.0 Å². The van der Waals surface area contributed by atoms with Gasteiger partial charge in [-0.2, -0.15) is 0 Å². The maximum absolute atomic E-state index is 13.4. The Hall–Kier alpha value is -3.65. The average molecular weight is 507 g/mol. The van der Waals surface area contributed by atoms with Crippen molar-refractivity contribution in [2.24, 2.45) is 7.05 Å². The van der Waals surface area contributed by atoms with Crippen molar-refractivity contribution in [1.82, 2.24) is 19.5 Å². The van der Waals surface area contributed by atoms with E-state index in [2.05, 4.69) is 36.1 Å². The Morgan fingerprint density at radius 2 is 1.69 bits per heavy atom. The molecule has 2 aromatic carbocycles. The second-order valence-electron chi connectivity index (χ2n) is 10.6. The molecule has 2 aromatic heterocycles. The van der Waals surface area contributed by atoms with Crippen molar-refractivity contribution in [3.8, 4) is 0 Å². The lowest BCUT2D eigenvalue weighted by Gasteiger charge is -2.27. The van der Waals surface area contributed by atoms with Gasteiger partial charge in [0.25, 0.3) is 0 Å². The molecule has 9 heteroatoms. The molecule has 0 aliphatic rings. The average Bonchev–Trinajstić information content (AvgIpc) is 3.08. The maximum Gasteiger partial charge on any atom is 0.421 e. The Morgan fingerprint density at radius 3 is 2.31 bits per heavy atom. The summed E-state index contributed by atoms with van der Waals surface area (Å²) in [5, 5.41) is 3.37. The zero-order valence-corrected chi connectivity index (χ0v) is 22.4. The van der Waals surface area contributed by atoms with E-state index in [-0.39, 0.29) is 10.7 Å². The molecule has 188 valence electrons. The summed E-state index contributed by atoms with van der Waals surface area (Å²) in [5.41, 5.74) is 3.51. The summed E-state index contributed by atoms with van der Waals surface area (Å²) >= 11 is 5.91. The van der Waals surface area contributed by atoms with Crippen molar-refractivity contribution >= 4 is 51.9 Å². The molecular formula is C27H31ClN6O2. The standard InChI is InChI=1S/C27H31ClN6O2/c1-26(2,3)17-8-11-19(12-9-17)34(25(35)36-27(4,5)6)24-31-20-16-18(10-13-21(20)33(24)7)30-22-14-15-29-23(28)32-22/h8-16H,1-7H3,(H,29,30,32). The van der Waals surface area contributed by atoms with Gasteiger partial charge in [0.1, 0.15) is 11.4 Å². The normalized spacial score (nSPS) is 12.0. The van der Waals surface area contributed by atoms with Crippen LogP contribution >= 0.6 is 11.6 Å². The third-order valence-electron chi connectivity index (χ3n) is 5.52. The highest BCUT2D eigenvalue weighted by molar-refractivity contribution is 6.28. The lowest BCUT2D eigenvalue weighted by Crippen LogP contribution is -2.35. The zero-order valence-electron chi connectivity index (χ0n) is 21.6. The first-order chi connectivity index (χ1) is 16.8. The number of halogens is 1. The lowest BCUT2D eigenvalue weighted by molar-refractivity contribution is 0.0596. The summed E-state index contributed by atoms with van der Waals surface area (Å²) < 4.78 is 7.64. The van der Waals surface area contributed by atoms with Crippen molar-refractivity contribution < 1.29 is 9.53 Å². The number of hydrogen-bond acceptors (Lipinski definition) is 6. The fraction of sp³-hybridized carbons (Fsp3) is 0.333. The predicted octanol–water partition coefficient (Wildman–Crippen LogP) is 7.13. The second-order valence-corrected chi connectivity index (χ2v) is 11.0. The summed E-state index contributed by atoms with van der Waals surface area (Å²) in [6, 6.07) is 15.4. The molecule has 8 nitrogen and oxygen atoms in total. The molecule has 0 aliphatic carbocycles. The Kier molecular flexibility index (Phi) is 6.66. The van der Waals surface area contributed by atoms with E-state index in [1.165, 1.54) is 10.5 Å². The fourth-order valence-electron chi connectivity index (χ4n) is 3.74. The molecule has 2 heterocycles. The number of aryl methyl sites for hydroxylation is 1. The van der Waals surface area contributed by atoms with Gasteiger partial charge in [-0.25, -0.2) is 24.6 Å². The van der Waals surface area contributed by atoms with Gasteiger partial charge in [0.15, 0.2) is 0 Å². The summed E-state index contributed by atoms with van der Waals surface area (Å²) in [4.78, 5) is 27.8. The Morgan fingerprint density at radius 1 is 1.00 bits per heavy atom. The van der Waals surface area contributed by atoms with Crippen LogP contribution in [0.1, 0.15) is 47.1 Å². The van der Waals surface area contributed by atoms with Gasteiger partial charge in [0.2, 0.25) is 11.2 Å². The van der Waals surface area contributed by atoms with E-state index in [0.717, 1.165) is 11.2 Å². The SMILES string of the molecule is Cn1c(N(C(=O)OC(C)(C)C)c2ccc(C(C)(C)C)cc2)nc2cc(Nc3ccnc(Cl)n3)ccc21. The van der Waals surface area contributed by atoms with Crippen LogP contribution in [0.5, 0.6) is 0 Å². The van der Waals surface area contributed by atoms with Crippen molar-refractivity contribution in [3.05, 3.63) is 65.6 Å². The van der Waals surface area contributed by atoms with E-state index in [9.17, 15) is 4.79 Å². The molecule has 0 saturated heterocycles. The lowest BCUT2D eigenvalue weighted by atomic mass is 9.87. The summed E-state index contributed by atoms with van der Waals surface area (Å²) in [6.45, 7) is 12.0. The molecule has 0 unspecified atom stereocenters. The molecule has 0 atom stereocenters. The van der Waals surface area contributed by atoms with Crippen molar-refractivity contribution in [2.75, 3.05) is 10.2 Å². The molecule has 0 fully saturated rings. The van der Waals surface area contributed by atoms with Crippen LogP contribution in [-0.4, -0.2) is 31.2 Å². The molecule has 0 radical (unpaired) electrons. The van der Waals surface area contributed by atoms with Crippen LogP contribution < -0.4 is 10.2 Å². The number of benzene rings is 2. The molecule has 0 aliphatic heterocycles. The highest BCUT2D eigenvalue weighted by Crippen LogP contribution is 2.33. The number of anilines is 4. The van der Waals surface area contributed by atoms with Gasteiger partial charge in [-0.3, -0.25) is 0 Å². The molecule has 0 saturated carbocycles. The van der Waals surface area contributed by atoms with Gasteiger partial charge in [-0.15, -0.1) is 0 Å². The zero-order chi connectivity index (χ0) is 26.3. The molecule has 4 aromatic rings. The molecule has 1 N–H and O–H groups in total. The molecule has 36 heavy (non-hydrogen) atoms. The molecule has 1 amide bonds. The van der Waals surface area contributed by atoms with Gasteiger partial charge in [-0.05, 0) is 79.7 Å². The molecule has 0 spiro atoms. The minimum Gasteiger partial charge on any atom is -0.443 e. The number of fused-ring (bicyclic) bond motifs is 1. The number of carbonyl (C=O) groups excluding carboxylic acids is 1. The van der Waals surface area contributed by atoms with Gasteiger partial charge in [0, 0.05) is 18.9 Å². The van der Waals surface area contributed by atoms with E-state index in [1.807, 2.05) is 74.9 Å². The third kappa shape index (κ3) is 5.60. The van der Waals surface area contributed by atoms with E-state index >= 15 is 0 Å². The first-order valence-electron chi connectivity index (χ1n) is 11.7. The first kappa shape index (κ1) is 25.4. The number of rotatable bonds is 4. The minimum absolute atomic E-state index is 0.00944. The van der Waals surface area contributed by atoms with E-state index in [1.54, 1.807) is 12.3 Å². The Bertz CT molecular complexity index is 1400. The van der Waals surface area contributed by atoms with Crippen LogP contribution in [0.2, 0.25) is 5.28 Å². The second kappa shape index (κ2) is 9.43. The fourth-order valence-corrected chi connectivity index (χ4v) is 3.89. The number of hydrogen-bond donors (Lipinski definition) is 1. The van der Waals surface area contributed by atoms with Crippen LogP contribution in [-0.2, 0) is 17.2 Å². The Labute approximate surface area is 216 Å². The van der Waals surface area contributed by atoms with Crippen LogP contribution in [0.15, 0.2) is 54.7 Å². The molecular weight excluding hydrogens is 476 g/mol. The highest BCUT2D eigenvalue weighted by Gasteiger charge is 2.29. The van der Waals surface area contributed by atoms with Crippen molar-refractivity contribution in [1.29, 1.82) is 0 Å². The number of carbonyl (C=O) groups is 1. The monoisotopic (exact) mass is 506 g/mol. The molecule has 0 bridgehead atoms. The predicted molar refractivity (Wildman–Crippen MR) is 145 cm³/mol. The quantitative estimate of drug-likeness (QED) is 0.296. The van der Waals surface area contributed by atoms with E-state index < -0.39 is 11.7 Å². The van der Waals surface area contributed by atoms with Crippen molar-refractivity contribution in [2.45, 2.75) is 52.6 Å². The van der Waals surface area contributed by atoms with Crippen molar-refractivity contribution in [3.63, 3.8) is 0 Å². The summed E-state index contributed by atoms with van der Waals surface area (Å²) in [5.74, 6) is 1.02. The van der Waals surface area contributed by atoms with E-state index in [4.69, 9.17) is 21.3 Å². The van der Waals surface area contributed by atoms with Gasteiger partial charge >= 0.3 is 6.09 Å². The number of aromatic nitrogens is 4. The van der Waals surface area contributed by atoms with E-state index in [0.29, 0.717) is 23.0 Å². The highest BCUT2D eigenvalue weighted by atomic mass is 35.5. The topological polar surface area (TPSA) is 85.2 Å². The van der Waals surface area contributed by atoms with Gasteiger partial charge < -0.3 is 14.6 Å². The van der Waals surface area contributed by atoms with Crippen LogP contribution in [0, 0.1) is 0 Å². The number of ether oxygens (including phenoxy) is 1. The largest absolute Gasteiger partial charge is 0.443 e.